The van der Waals surface area contributed by atoms with Crippen LogP contribution >= 0.6 is 0 Å². The van der Waals surface area contributed by atoms with Crippen LogP contribution in [0.4, 0.5) is 0 Å². The van der Waals surface area contributed by atoms with Gasteiger partial charge in [0.25, 0.3) is 0 Å². The molecule has 1 saturated carbocycles. The van der Waals surface area contributed by atoms with Crippen LogP contribution in [-0.4, -0.2) is 6.04 Å². The topological polar surface area (TPSA) is 52.0 Å². The van der Waals surface area contributed by atoms with E-state index in [1.807, 2.05) is 0 Å². The van der Waals surface area contributed by atoms with Crippen LogP contribution in [-0.2, 0) is 11.0 Å². The Morgan fingerprint density at radius 2 is 1.72 bits per heavy atom. The Morgan fingerprint density at radius 3 is 2.22 bits per heavy atom. The second kappa shape index (κ2) is 4.67. The molecule has 0 spiro atoms. The molecule has 0 heterocycles. The number of benzene rings is 1. The van der Waals surface area contributed by atoms with Crippen molar-refractivity contribution in [3.63, 3.8) is 0 Å². The molecule has 2 unspecified atom stereocenters. The van der Waals surface area contributed by atoms with Gasteiger partial charge in [-0.25, -0.2) is 0 Å². The van der Waals surface area contributed by atoms with Gasteiger partial charge in [-0.05, 0) is 29.4 Å². The van der Waals surface area contributed by atoms with E-state index in [1.54, 1.807) is 0 Å². The SMILES string of the molecule is CC(C)(C)c1ccc(C2(N)CCCCC2N)cc1. The second-order valence-electron chi connectivity index (χ2n) is 6.72. The van der Waals surface area contributed by atoms with Gasteiger partial charge in [0, 0.05) is 6.04 Å². The van der Waals surface area contributed by atoms with E-state index in [1.165, 1.54) is 24.0 Å². The lowest BCUT2D eigenvalue weighted by atomic mass is 9.73. The Hall–Kier alpha value is -0.860. The summed E-state index contributed by atoms with van der Waals surface area (Å²) in [6.07, 6.45) is 4.44. The molecule has 2 nitrogen and oxygen atoms in total. The van der Waals surface area contributed by atoms with Crippen molar-refractivity contribution >= 4 is 0 Å². The first-order valence-electron chi connectivity index (χ1n) is 6.99. The first-order valence-corrected chi connectivity index (χ1v) is 6.99. The van der Waals surface area contributed by atoms with Gasteiger partial charge in [-0.3, -0.25) is 0 Å². The highest BCUT2D eigenvalue weighted by Crippen LogP contribution is 2.35. The lowest BCUT2D eigenvalue weighted by Gasteiger charge is -2.40. The molecule has 0 saturated heterocycles. The summed E-state index contributed by atoms with van der Waals surface area (Å²) >= 11 is 0. The van der Waals surface area contributed by atoms with Gasteiger partial charge in [-0.15, -0.1) is 0 Å². The van der Waals surface area contributed by atoms with Crippen molar-refractivity contribution in [2.24, 2.45) is 11.5 Å². The molecule has 1 aliphatic rings. The molecule has 1 aliphatic carbocycles. The van der Waals surface area contributed by atoms with Gasteiger partial charge < -0.3 is 11.5 Å². The molecular weight excluding hydrogens is 220 g/mol. The van der Waals surface area contributed by atoms with Crippen LogP contribution in [0.25, 0.3) is 0 Å². The van der Waals surface area contributed by atoms with Gasteiger partial charge in [0.15, 0.2) is 0 Å². The molecule has 1 fully saturated rings. The van der Waals surface area contributed by atoms with Gasteiger partial charge >= 0.3 is 0 Å². The molecule has 2 heteroatoms. The molecule has 4 N–H and O–H groups in total. The maximum atomic E-state index is 6.56. The highest BCUT2D eigenvalue weighted by molar-refractivity contribution is 5.33. The zero-order valence-electron chi connectivity index (χ0n) is 11.9. The summed E-state index contributed by atoms with van der Waals surface area (Å²) in [7, 11) is 0. The van der Waals surface area contributed by atoms with Crippen LogP contribution in [0.15, 0.2) is 24.3 Å². The summed E-state index contributed by atoms with van der Waals surface area (Å²) in [6, 6.07) is 8.83. The maximum absolute atomic E-state index is 6.56. The van der Waals surface area contributed by atoms with E-state index in [4.69, 9.17) is 11.5 Å². The molecule has 1 aromatic carbocycles. The fourth-order valence-electron chi connectivity index (χ4n) is 2.86. The largest absolute Gasteiger partial charge is 0.326 e. The van der Waals surface area contributed by atoms with Crippen molar-refractivity contribution in [3.8, 4) is 0 Å². The highest BCUT2D eigenvalue weighted by Gasteiger charge is 2.36. The van der Waals surface area contributed by atoms with Crippen LogP contribution in [0.3, 0.4) is 0 Å². The molecule has 2 atom stereocenters. The summed E-state index contributed by atoms with van der Waals surface area (Å²) in [4.78, 5) is 0. The van der Waals surface area contributed by atoms with E-state index in [0.717, 1.165) is 12.8 Å². The molecule has 100 valence electrons. The number of rotatable bonds is 1. The van der Waals surface area contributed by atoms with Crippen molar-refractivity contribution in [1.82, 2.24) is 0 Å². The fourth-order valence-corrected chi connectivity index (χ4v) is 2.86. The van der Waals surface area contributed by atoms with E-state index in [9.17, 15) is 0 Å². The Kier molecular flexibility index (Phi) is 3.52. The monoisotopic (exact) mass is 246 g/mol. The van der Waals surface area contributed by atoms with Gasteiger partial charge in [-0.2, -0.15) is 0 Å². The Labute approximate surface area is 111 Å². The summed E-state index contributed by atoms with van der Waals surface area (Å²) in [5.74, 6) is 0. The third-order valence-electron chi connectivity index (χ3n) is 4.31. The van der Waals surface area contributed by atoms with Crippen molar-refractivity contribution in [2.45, 2.75) is 63.5 Å². The normalized spacial score (nSPS) is 29.3. The molecule has 0 aromatic heterocycles. The summed E-state index contributed by atoms with van der Waals surface area (Å²) < 4.78 is 0. The lowest BCUT2D eigenvalue weighted by Crippen LogP contribution is -2.54. The first-order chi connectivity index (χ1) is 8.34. The standard InChI is InChI=1S/C16H26N2/c1-15(2,3)12-7-9-13(10-8-12)16(18)11-5-4-6-14(16)17/h7-10,14H,4-6,11,17-18H2,1-3H3. The average molecular weight is 246 g/mol. The average Bonchev–Trinajstić information content (AvgIpc) is 2.32. The molecular formula is C16H26N2. The lowest BCUT2D eigenvalue weighted by molar-refractivity contribution is 0.256. The smallest absolute Gasteiger partial charge is 0.0562 e. The predicted molar refractivity (Wildman–Crippen MR) is 77.5 cm³/mol. The third kappa shape index (κ3) is 2.45. The minimum absolute atomic E-state index is 0.0896. The third-order valence-corrected chi connectivity index (χ3v) is 4.31. The van der Waals surface area contributed by atoms with Crippen LogP contribution < -0.4 is 11.5 Å². The van der Waals surface area contributed by atoms with E-state index < -0.39 is 0 Å². The van der Waals surface area contributed by atoms with E-state index >= 15 is 0 Å². The molecule has 0 bridgehead atoms. The van der Waals surface area contributed by atoms with Gasteiger partial charge in [0.2, 0.25) is 0 Å². The zero-order valence-corrected chi connectivity index (χ0v) is 11.9. The molecule has 18 heavy (non-hydrogen) atoms. The second-order valence-corrected chi connectivity index (χ2v) is 6.72. The molecule has 1 aromatic rings. The maximum Gasteiger partial charge on any atom is 0.0562 e. The highest BCUT2D eigenvalue weighted by atomic mass is 14.9. The first kappa shape index (κ1) is 13.6. The zero-order chi connectivity index (χ0) is 13.4. The summed E-state index contributed by atoms with van der Waals surface area (Å²) in [6.45, 7) is 6.69. The summed E-state index contributed by atoms with van der Waals surface area (Å²) in [5, 5.41) is 0. The van der Waals surface area contributed by atoms with Crippen LogP contribution in [0.5, 0.6) is 0 Å². The quantitative estimate of drug-likeness (QED) is 0.800. The number of nitrogens with two attached hydrogens (primary N) is 2. The van der Waals surface area contributed by atoms with E-state index in [-0.39, 0.29) is 17.0 Å². The molecule has 0 radical (unpaired) electrons. The molecule has 0 amide bonds. The minimum atomic E-state index is -0.325. The van der Waals surface area contributed by atoms with Crippen LogP contribution in [0.2, 0.25) is 0 Å². The summed E-state index contributed by atoms with van der Waals surface area (Å²) in [5.41, 5.74) is 15.2. The van der Waals surface area contributed by atoms with E-state index in [0.29, 0.717) is 0 Å². The van der Waals surface area contributed by atoms with Gasteiger partial charge in [0.05, 0.1) is 5.54 Å². The Bertz CT molecular complexity index is 402. The van der Waals surface area contributed by atoms with Crippen molar-refractivity contribution in [1.29, 1.82) is 0 Å². The number of hydrogen-bond acceptors (Lipinski definition) is 2. The Morgan fingerprint density at radius 1 is 1.11 bits per heavy atom. The molecule has 0 aliphatic heterocycles. The van der Waals surface area contributed by atoms with Crippen molar-refractivity contribution in [2.75, 3.05) is 0 Å². The Balaban J connectivity index is 2.28. The predicted octanol–water partition coefficient (Wildman–Crippen LogP) is 3.04. The van der Waals surface area contributed by atoms with E-state index in [2.05, 4.69) is 45.0 Å². The van der Waals surface area contributed by atoms with Crippen molar-refractivity contribution in [3.05, 3.63) is 35.4 Å². The minimum Gasteiger partial charge on any atom is -0.326 e. The van der Waals surface area contributed by atoms with Crippen LogP contribution in [0, 0.1) is 0 Å². The number of hydrogen-bond donors (Lipinski definition) is 2. The molecule has 2 rings (SSSR count). The van der Waals surface area contributed by atoms with Gasteiger partial charge in [-0.1, -0.05) is 57.9 Å². The van der Waals surface area contributed by atoms with Crippen LogP contribution in [0.1, 0.15) is 57.6 Å². The van der Waals surface area contributed by atoms with Crippen molar-refractivity contribution < 1.29 is 0 Å². The van der Waals surface area contributed by atoms with Gasteiger partial charge in [0.1, 0.15) is 0 Å². The fraction of sp³-hybridized carbons (Fsp3) is 0.625.